The van der Waals surface area contributed by atoms with E-state index in [9.17, 15) is 5.02 Å². The Morgan fingerprint density at radius 2 is 1.47 bits per heavy atom. The number of rotatable bonds is 4. The topological polar surface area (TPSA) is 38.7 Å². The van der Waals surface area contributed by atoms with Crippen LogP contribution in [0.2, 0.25) is 0 Å². The monoisotopic (exact) mass is 228 g/mol. The van der Waals surface area contributed by atoms with Crippen LogP contribution in [0.3, 0.4) is 0 Å². The van der Waals surface area contributed by atoms with Crippen molar-refractivity contribution in [3.05, 3.63) is 54.6 Å². The van der Waals surface area contributed by atoms with Crippen LogP contribution in [0.5, 0.6) is 0 Å². The van der Waals surface area contributed by atoms with E-state index in [2.05, 4.69) is 9.69 Å². The van der Waals surface area contributed by atoms with Gasteiger partial charge in [0.15, 0.2) is 0 Å². The molecular formula is C13H13BO3. The molecule has 17 heavy (non-hydrogen) atoms. The molecule has 0 aliphatic heterocycles. The molecule has 1 N–H and O–H groups in total. The fraction of sp³-hybridized carbons (Fsp3) is 0.0769. The molecule has 0 amide bonds. The van der Waals surface area contributed by atoms with Crippen molar-refractivity contribution in [3.8, 4) is 11.1 Å². The fourth-order valence-electron chi connectivity index (χ4n) is 1.62. The van der Waals surface area contributed by atoms with Gasteiger partial charge in [-0.25, -0.2) is 0 Å². The molecule has 0 atom stereocenters. The van der Waals surface area contributed by atoms with Gasteiger partial charge >= 0.3 is 7.12 Å². The first kappa shape index (κ1) is 11.9. The second kappa shape index (κ2) is 5.64. The van der Waals surface area contributed by atoms with Crippen molar-refractivity contribution in [1.82, 2.24) is 0 Å². The van der Waals surface area contributed by atoms with Crippen LogP contribution in [0.1, 0.15) is 0 Å². The summed E-state index contributed by atoms with van der Waals surface area (Å²) in [5.74, 6) is 0. The molecular weight excluding hydrogens is 215 g/mol. The lowest BCUT2D eigenvalue weighted by atomic mass is 9.79. The van der Waals surface area contributed by atoms with Crippen molar-refractivity contribution in [2.45, 2.75) is 0 Å². The van der Waals surface area contributed by atoms with Crippen molar-refractivity contribution in [2.24, 2.45) is 0 Å². The molecule has 0 aliphatic carbocycles. The van der Waals surface area contributed by atoms with Crippen LogP contribution in [0.25, 0.3) is 11.1 Å². The Bertz CT molecular complexity index is 456. The zero-order valence-corrected chi connectivity index (χ0v) is 9.54. The summed E-state index contributed by atoms with van der Waals surface area (Å²) in [5.41, 5.74) is 2.90. The summed E-state index contributed by atoms with van der Waals surface area (Å²) in [7, 11) is 0.312. The molecule has 2 aromatic rings. The maximum absolute atomic E-state index is 9.53. The quantitative estimate of drug-likeness (QED) is 0.491. The summed E-state index contributed by atoms with van der Waals surface area (Å²) >= 11 is 0. The first-order valence-corrected chi connectivity index (χ1v) is 5.34. The average molecular weight is 228 g/mol. The maximum atomic E-state index is 9.53. The van der Waals surface area contributed by atoms with Gasteiger partial charge in [0, 0.05) is 0 Å². The first-order chi connectivity index (χ1) is 8.31. The van der Waals surface area contributed by atoms with Gasteiger partial charge in [-0.2, -0.15) is 0 Å². The zero-order chi connectivity index (χ0) is 12.1. The smallest absolute Gasteiger partial charge is 0.422 e. The van der Waals surface area contributed by atoms with E-state index >= 15 is 0 Å². The van der Waals surface area contributed by atoms with Gasteiger partial charge in [0.1, 0.15) is 0 Å². The molecule has 0 saturated carbocycles. The second-order valence-electron chi connectivity index (χ2n) is 3.60. The van der Waals surface area contributed by atoms with Crippen molar-refractivity contribution >= 4 is 12.6 Å². The maximum Gasteiger partial charge on any atom is 0.522 e. The van der Waals surface area contributed by atoms with E-state index in [0.29, 0.717) is 5.46 Å². The SMILES string of the molecule is COOB(O)c1ccc(-c2ccccc2)cc1. The zero-order valence-electron chi connectivity index (χ0n) is 9.54. The molecule has 2 aromatic carbocycles. The molecule has 0 fully saturated rings. The van der Waals surface area contributed by atoms with Crippen LogP contribution in [0, 0.1) is 0 Å². The van der Waals surface area contributed by atoms with Crippen LogP contribution < -0.4 is 5.46 Å². The van der Waals surface area contributed by atoms with Gasteiger partial charge in [-0.1, -0.05) is 54.6 Å². The molecule has 2 rings (SSSR count). The number of hydrogen-bond donors (Lipinski definition) is 1. The molecule has 0 heterocycles. The Kier molecular flexibility index (Phi) is 3.93. The molecule has 0 bridgehead atoms. The van der Waals surface area contributed by atoms with E-state index in [1.165, 1.54) is 7.11 Å². The molecule has 0 saturated heterocycles. The third-order valence-electron chi connectivity index (χ3n) is 2.49. The molecule has 4 heteroatoms. The van der Waals surface area contributed by atoms with E-state index in [0.717, 1.165) is 11.1 Å². The third-order valence-corrected chi connectivity index (χ3v) is 2.49. The largest absolute Gasteiger partial charge is 0.522 e. The standard InChI is InChI=1S/C13H13BO3/c1-16-17-14(15)13-9-7-12(8-10-13)11-5-3-2-4-6-11/h2-10,15H,1H3. The van der Waals surface area contributed by atoms with Gasteiger partial charge in [-0.15, -0.1) is 0 Å². The highest BCUT2D eigenvalue weighted by molar-refractivity contribution is 6.59. The average Bonchev–Trinajstić information content (AvgIpc) is 2.40. The summed E-state index contributed by atoms with van der Waals surface area (Å²) < 4.78 is 0. The Hall–Kier alpha value is -1.62. The Balaban J connectivity index is 2.19. The van der Waals surface area contributed by atoms with E-state index < -0.39 is 7.12 Å². The van der Waals surface area contributed by atoms with Gasteiger partial charge in [-0.05, 0) is 16.6 Å². The van der Waals surface area contributed by atoms with Gasteiger partial charge < -0.3 is 5.02 Å². The highest BCUT2D eigenvalue weighted by Gasteiger charge is 2.16. The lowest BCUT2D eigenvalue weighted by Gasteiger charge is -2.06. The van der Waals surface area contributed by atoms with E-state index in [4.69, 9.17) is 0 Å². The van der Waals surface area contributed by atoms with Gasteiger partial charge in [0.25, 0.3) is 0 Å². The molecule has 0 spiro atoms. The summed E-state index contributed by atoms with van der Waals surface area (Å²) in [5, 5.41) is 9.53. The highest BCUT2D eigenvalue weighted by atomic mass is 17.2. The van der Waals surface area contributed by atoms with Gasteiger partial charge in [0.05, 0.1) is 7.11 Å². The second-order valence-corrected chi connectivity index (χ2v) is 3.60. The fourth-order valence-corrected chi connectivity index (χ4v) is 1.62. The van der Waals surface area contributed by atoms with Gasteiger partial charge in [-0.3, -0.25) is 9.69 Å². The lowest BCUT2D eigenvalue weighted by Crippen LogP contribution is -2.33. The van der Waals surface area contributed by atoms with Crippen molar-refractivity contribution < 1.29 is 14.7 Å². The minimum absolute atomic E-state index is 0.659. The van der Waals surface area contributed by atoms with Crippen LogP contribution >= 0.6 is 0 Å². The van der Waals surface area contributed by atoms with Crippen LogP contribution in [-0.2, 0) is 9.69 Å². The first-order valence-electron chi connectivity index (χ1n) is 5.34. The minimum Gasteiger partial charge on any atom is -0.422 e. The Morgan fingerprint density at radius 3 is 2.06 bits per heavy atom. The van der Waals surface area contributed by atoms with Crippen molar-refractivity contribution in [2.75, 3.05) is 7.11 Å². The molecule has 0 aromatic heterocycles. The molecule has 0 unspecified atom stereocenters. The van der Waals surface area contributed by atoms with Crippen LogP contribution in [0.4, 0.5) is 0 Å². The van der Waals surface area contributed by atoms with Crippen LogP contribution in [-0.4, -0.2) is 19.3 Å². The van der Waals surface area contributed by atoms with E-state index in [1.807, 2.05) is 54.6 Å². The lowest BCUT2D eigenvalue weighted by molar-refractivity contribution is -0.193. The number of hydrogen-bond acceptors (Lipinski definition) is 3. The summed E-state index contributed by atoms with van der Waals surface area (Å²) in [4.78, 5) is 9.05. The normalized spacial score (nSPS) is 10.2. The summed E-state index contributed by atoms with van der Waals surface area (Å²) in [6, 6.07) is 17.5. The van der Waals surface area contributed by atoms with E-state index in [1.54, 1.807) is 0 Å². The molecule has 86 valence electrons. The highest BCUT2D eigenvalue weighted by Crippen LogP contribution is 2.17. The predicted octanol–water partition coefficient (Wildman–Crippen LogP) is 1.62. The van der Waals surface area contributed by atoms with Crippen LogP contribution in [0.15, 0.2) is 54.6 Å². The molecule has 0 aliphatic rings. The van der Waals surface area contributed by atoms with E-state index in [-0.39, 0.29) is 0 Å². The predicted molar refractivity (Wildman–Crippen MR) is 67.6 cm³/mol. The van der Waals surface area contributed by atoms with Crippen molar-refractivity contribution in [1.29, 1.82) is 0 Å². The molecule has 3 nitrogen and oxygen atoms in total. The van der Waals surface area contributed by atoms with Gasteiger partial charge in [0.2, 0.25) is 0 Å². The Morgan fingerprint density at radius 1 is 0.882 bits per heavy atom. The minimum atomic E-state index is -1.05. The number of benzene rings is 2. The summed E-state index contributed by atoms with van der Waals surface area (Å²) in [6.07, 6.45) is 0. The summed E-state index contributed by atoms with van der Waals surface area (Å²) in [6.45, 7) is 0. The Labute approximate surface area is 101 Å². The third kappa shape index (κ3) is 2.94. The molecule has 0 radical (unpaired) electrons. The van der Waals surface area contributed by atoms with Crippen molar-refractivity contribution in [3.63, 3.8) is 0 Å².